The van der Waals surface area contributed by atoms with Gasteiger partial charge in [0, 0.05) is 5.92 Å². The van der Waals surface area contributed by atoms with Gasteiger partial charge in [0.2, 0.25) is 0 Å². The lowest BCUT2D eigenvalue weighted by Gasteiger charge is -2.09. The second-order valence-electron chi connectivity index (χ2n) is 4.60. The Hall–Kier alpha value is -1.12. The molecule has 0 N–H and O–H groups in total. The largest absolute Gasteiger partial charge is 0.463 e. The first-order chi connectivity index (χ1) is 7.32. The minimum absolute atomic E-state index is 0.0949. The van der Waals surface area contributed by atoms with E-state index in [1.807, 2.05) is 26.0 Å². The monoisotopic (exact) mass is 226 g/mol. The van der Waals surface area contributed by atoms with E-state index in [0.29, 0.717) is 5.92 Å². The molecule has 0 amide bonds. The number of carbonyl (C=O) groups excluding carboxylic acids is 2. The Kier molecular flexibility index (Phi) is 6.70. The molecular formula is C13H22O3. The summed E-state index contributed by atoms with van der Waals surface area (Å²) in [4.78, 5) is 22.8. The number of ketones is 1. The van der Waals surface area contributed by atoms with Crippen LogP contribution in [0.5, 0.6) is 0 Å². The van der Waals surface area contributed by atoms with Gasteiger partial charge < -0.3 is 4.74 Å². The zero-order valence-electron chi connectivity index (χ0n) is 10.8. The average molecular weight is 226 g/mol. The van der Waals surface area contributed by atoms with Crippen LogP contribution in [0, 0.1) is 11.8 Å². The van der Waals surface area contributed by atoms with E-state index < -0.39 is 5.97 Å². The summed E-state index contributed by atoms with van der Waals surface area (Å²) in [5, 5.41) is 0. The van der Waals surface area contributed by atoms with Crippen molar-refractivity contribution in [2.75, 3.05) is 0 Å². The lowest BCUT2D eigenvalue weighted by atomic mass is 10.0. The quantitative estimate of drug-likeness (QED) is 0.397. The van der Waals surface area contributed by atoms with Crippen LogP contribution in [0.25, 0.3) is 0 Å². The molecule has 1 unspecified atom stereocenters. The van der Waals surface area contributed by atoms with Crippen molar-refractivity contribution in [3.8, 4) is 0 Å². The molecule has 3 heteroatoms. The van der Waals surface area contributed by atoms with Gasteiger partial charge in [0.15, 0.2) is 5.78 Å². The van der Waals surface area contributed by atoms with E-state index >= 15 is 0 Å². The molecule has 0 spiro atoms. The third-order valence-electron chi connectivity index (χ3n) is 1.98. The number of carbonyl (C=O) groups is 2. The Labute approximate surface area is 97.9 Å². The van der Waals surface area contributed by atoms with Crippen molar-refractivity contribution in [1.29, 1.82) is 0 Å². The van der Waals surface area contributed by atoms with Crippen molar-refractivity contribution in [3.05, 3.63) is 12.2 Å². The van der Waals surface area contributed by atoms with Crippen LogP contribution in [0.2, 0.25) is 0 Å². The summed E-state index contributed by atoms with van der Waals surface area (Å²) in [5.74, 6) is -0.340. The third-order valence-corrected chi connectivity index (χ3v) is 1.98. The number of hydrogen-bond donors (Lipinski definition) is 0. The maximum absolute atomic E-state index is 11.6. The minimum Gasteiger partial charge on any atom is -0.463 e. The van der Waals surface area contributed by atoms with Gasteiger partial charge in [-0.05, 0) is 19.8 Å². The highest BCUT2D eigenvalue weighted by Gasteiger charge is 2.16. The maximum atomic E-state index is 11.6. The summed E-state index contributed by atoms with van der Waals surface area (Å²) >= 11 is 0. The molecule has 3 nitrogen and oxygen atoms in total. The Morgan fingerprint density at radius 2 is 1.62 bits per heavy atom. The van der Waals surface area contributed by atoms with E-state index in [0.717, 1.165) is 0 Å². The molecule has 0 aliphatic heterocycles. The fraction of sp³-hybridized carbons (Fsp3) is 0.692. The molecule has 0 fully saturated rings. The van der Waals surface area contributed by atoms with Gasteiger partial charge in [-0.3, -0.25) is 9.59 Å². The lowest BCUT2D eigenvalue weighted by molar-refractivity contribution is -0.149. The van der Waals surface area contributed by atoms with Crippen LogP contribution in [-0.4, -0.2) is 17.9 Å². The Morgan fingerprint density at radius 3 is 2.06 bits per heavy atom. The Balaban J connectivity index is 4.10. The smallest absolute Gasteiger partial charge is 0.313 e. The zero-order valence-corrected chi connectivity index (χ0v) is 10.8. The number of allylic oxidation sites excluding steroid dienone is 2. The molecule has 0 saturated heterocycles. The summed E-state index contributed by atoms with van der Waals surface area (Å²) in [6, 6.07) is 0. The van der Waals surface area contributed by atoms with Gasteiger partial charge in [0.05, 0.1) is 6.10 Å². The van der Waals surface area contributed by atoms with E-state index in [9.17, 15) is 9.59 Å². The lowest BCUT2D eigenvalue weighted by Crippen LogP contribution is -2.18. The Morgan fingerprint density at radius 1 is 1.06 bits per heavy atom. The van der Waals surface area contributed by atoms with E-state index in [-0.39, 0.29) is 24.2 Å². The van der Waals surface area contributed by atoms with Gasteiger partial charge in [-0.15, -0.1) is 0 Å². The SMILES string of the molecule is CC(C)/C=C/C(C)C(=O)CC(=O)OC(C)C. The molecule has 1 atom stereocenters. The second-order valence-corrected chi connectivity index (χ2v) is 4.60. The van der Waals surface area contributed by atoms with Gasteiger partial charge in [-0.2, -0.15) is 0 Å². The minimum atomic E-state index is -0.440. The summed E-state index contributed by atoms with van der Waals surface area (Å²) in [7, 11) is 0. The Bertz CT molecular complexity index is 264. The van der Waals surface area contributed by atoms with Gasteiger partial charge >= 0.3 is 5.97 Å². The van der Waals surface area contributed by atoms with Gasteiger partial charge in [0.25, 0.3) is 0 Å². The van der Waals surface area contributed by atoms with E-state index in [1.54, 1.807) is 20.8 Å². The van der Waals surface area contributed by atoms with Gasteiger partial charge in [-0.25, -0.2) is 0 Å². The number of hydrogen-bond acceptors (Lipinski definition) is 3. The van der Waals surface area contributed by atoms with Crippen LogP contribution in [0.4, 0.5) is 0 Å². The topological polar surface area (TPSA) is 43.4 Å². The van der Waals surface area contributed by atoms with Crippen LogP contribution in [0.3, 0.4) is 0 Å². The fourth-order valence-electron chi connectivity index (χ4n) is 1.10. The van der Waals surface area contributed by atoms with Gasteiger partial charge in [-0.1, -0.05) is 32.9 Å². The first-order valence-electron chi connectivity index (χ1n) is 5.73. The molecule has 0 radical (unpaired) electrons. The molecule has 0 bridgehead atoms. The third kappa shape index (κ3) is 7.21. The molecule has 0 aromatic carbocycles. The predicted octanol–water partition coefficient (Wildman–Crippen LogP) is 2.75. The first kappa shape index (κ1) is 14.9. The summed E-state index contributed by atoms with van der Waals surface area (Å²) in [6.45, 7) is 9.42. The maximum Gasteiger partial charge on any atom is 0.313 e. The predicted molar refractivity (Wildman–Crippen MR) is 64.0 cm³/mol. The molecule has 0 aromatic heterocycles. The van der Waals surface area contributed by atoms with Gasteiger partial charge in [0.1, 0.15) is 6.42 Å². The van der Waals surface area contributed by atoms with Crippen molar-refractivity contribution in [3.63, 3.8) is 0 Å². The number of esters is 1. The van der Waals surface area contributed by atoms with Crippen LogP contribution >= 0.6 is 0 Å². The van der Waals surface area contributed by atoms with Crippen molar-refractivity contribution in [1.82, 2.24) is 0 Å². The average Bonchev–Trinajstić information content (AvgIpc) is 2.12. The summed E-state index contributed by atoms with van der Waals surface area (Å²) < 4.78 is 4.91. The van der Waals surface area contributed by atoms with Crippen molar-refractivity contribution in [2.45, 2.75) is 47.1 Å². The molecule has 0 aliphatic carbocycles. The normalized spacial score (nSPS) is 13.4. The van der Waals surface area contributed by atoms with Crippen molar-refractivity contribution < 1.29 is 14.3 Å². The van der Waals surface area contributed by atoms with Crippen LogP contribution in [-0.2, 0) is 14.3 Å². The highest BCUT2D eigenvalue weighted by molar-refractivity contribution is 5.97. The van der Waals surface area contributed by atoms with E-state index in [4.69, 9.17) is 4.74 Å². The van der Waals surface area contributed by atoms with Crippen molar-refractivity contribution >= 4 is 11.8 Å². The molecule has 0 rings (SSSR count). The van der Waals surface area contributed by atoms with Crippen LogP contribution < -0.4 is 0 Å². The van der Waals surface area contributed by atoms with E-state index in [2.05, 4.69) is 0 Å². The molecule has 0 aliphatic rings. The molecule has 0 aromatic rings. The van der Waals surface area contributed by atoms with Crippen molar-refractivity contribution in [2.24, 2.45) is 11.8 Å². The molecule has 92 valence electrons. The molecule has 16 heavy (non-hydrogen) atoms. The zero-order chi connectivity index (χ0) is 12.7. The molecule has 0 heterocycles. The second kappa shape index (κ2) is 7.20. The molecular weight excluding hydrogens is 204 g/mol. The summed E-state index contributed by atoms with van der Waals surface area (Å²) in [6.07, 6.45) is 3.51. The first-order valence-corrected chi connectivity index (χ1v) is 5.73. The fourth-order valence-corrected chi connectivity index (χ4v) is 1.10. The number of rotatable bonds is 6. The standard InChI is InChI=1S/C13H22O3/c1-9(2)6-7-11(5)12(14)8-13(15)16-10(3)4/h6-7,9-11H,8H2,1-5H3/b7-6+. The highest BCUT2D eigenvalue weighted by Crippen LogP contribution is 2.07. The number of ether oxygens (including phenoxy) is 1. The van der Waals surface area contributed by atoms with Crippen LogP contribution in [0.15, 0.2) is 12.2 Å². The number of Topliss-reactive ketones (excluding diaryl/α,β-unsaturated/α-hetero) is 1. The van der Waals surface area contributed by atoms with E-state index in [1.165, 1.54) is 0 Å². The highest BCUT2D eigenvalue weighted by atomic mass is 16.5. The molecule has 0 saturated carbocycles. The summed E-state index contributed by atoms with van der Waals surface area (Å²) in [5.41, 5.74) is 0. The van der Waals surface area contributed by atoms with Crippen LogP contribution in [0.1, 0.15) is 41.0 Å².